The number of carbonyl (C=O) groups is 4. The number of esters is 1. The molecule has 5 rings (SSSR count). The maximum absolute atomic E-state index is 13.8. The van der Waals surface area contributed by atoms with Crippen LogP contribution in [0.15, 0.2) is 66.2 Å². The molecule has 1 unspecified atom stereocenters. The van der Waals surface area contributed by atoms with Crippen molar-refractivity contribution in [1.29, 1.82) is 0 Å². The van der Waals surface area contributed by atoms with Gasteiger partial charge in [0.25, 0.3) is 0 Å². The summed E-state index contributed by atoms with van der Waals surface area (Å²) in [6.45, 7) is 0.631. The lowest BCUT2D eigenvalue weighted by molar-refractivity contribution is -0.485. The molecule has 0 spiro atoms. The Morgan fingerprint density at radius 1 is 1.05 bits per heavy atom. The molecule has 0 aromatic heterocycles. The van der Waals surface area contributed by atoms with Crippen molar-refractivity contribution >= 4 is 29.3 Å². The van der Waals surface area contributed by atoms with Crippen LogP contribution in [-0.4, -0.2) is 42.1 Å². The van der Waals surface area contributed by atoms with E-state index in [1.807, 2.05) is 18.2 Å². The molecule has 196 valence electrons. The number of hydrogen-bond donors (Lipinski definition) is 0. The van der Waals surface area contributed by atoms with Gasteiger partial charge in [0.15, 0.2) is 0 Å². The number of amides is 2. The van der Waals surface area contributed by atoms with Gasteiger partial charge in [-0.1, -0.05) is 54.1 Å². The fourth-order valence-corrected chi connectivity index (χ4v) is 6.72. The third-order valence-electron chi connectivity index (χ3n) is 8.49. The smallest absolute Gasteiger partial charge is 0.320 e. The van der Waals surface area contributed by atoms with E-state index in [9.17, 15) is 29.3 Å². The lowest BCUT2D eigenvalue weighted by atomic mass is 9.58. The predicted octanol–water partition coefficient (Wildman–Crippen LogP) is 3.49. The molecular weight excluding hydrogens is 488 g/mol. The van der Waals surface area contributed by atoms with Gasteiger partial charge in [0.2, 0.25) is 18.4 Å². The SMILES string of the molecule is COC(=O)C1(C(C)=O)CC2=CC[C@@H]3C(=O)N(c4ccccc4)C(=O)[C@@H]3[C@@H]2Cc2ccccc2[C@@H]1C[N+](=O)[O-]. The highest BCUT2D eigenvalue weighted by Gasteiger charge is 2.59. The number of fused-ring (bicyclic) bond motifs is 4. The Hall–Kier alpha value is -4.14. The van der Waals surface area contributed by atoms with Gasteiger partial charge in [0.05, 0.1) is 30.6 Å². The number of nitro groups is 1. The minimum Gasteiger partial charge on any atom is -0.468 e. The number of allylic oxidation sites excluding steroid dienone is 2. The van der Waals surface area contributed by atoms with Gasteiger partial charge in [-0.3, -0.25) is 34.2 Å². The fourth-order valence-electron chi connectivity index (χ4n) is 6.72. The third-order valence-corrected chi connectivity index (χ3v) is 8.49. The van der Waals surface area contributed by atoms with Crippen molar-refractivity contribution in [1.82, 2.24) is 0 Å². The minimum absolute atomic E-state index is 0.109. The summed E-state index contributed by atoms with van der Waals surface area (Å²) in [5, 5.41) is 11.8. The molecule has 2 aromatic rings. The monoisotopic (exact) mass is 516 g/mol. The highest BCUT2D eigenvalue weighted by Crippen LogP contribution is 2.53. The number of methoxy groups -OCH3 is 1. The van der Waals surface area contributed by atoms with Crippen molar-refractivity contribution in [2.24, 2.45) is 23.2 Å². The van der Waals surface area contributed by atoms with Crippen LogP contribution >= 0.6 is 0 Å². The van der Waals surface area contributed by atoms with Crippen LogP contribution in [0.25, 0.3) is 0 Å². The average molecular weight is 517 g/mol. The molecule has 5 atom stereocenters. The van der Waals surface area contributed by atoms with Crippen LogP contribution in [0, 0.1) is 33.3 Å². The van der Waals surface area contributed by atoms with E-state index in [2.05, 4.69) is 0 Å². The molecule has 1 fully saturated rings. The van der Waals surface area contributed by atoms with Crippen LogP contribution in [0.4, 0.5) is 5.69 Å². The summed E-state index contributed by atoms with van der Waals surface area (Å²) >= 11 is 0. The van der Waals surface area contributed by atoms with Gasteiger partial charge in [-0.25, -0.2) is 0 Å². The standard InChI is InChI=1S/C29H28N2O7/c1-17(32)29(28(35)38-2)15-19-12-13-22-25(27(34)31(26(22)33)20-9-4-3-5-10-20)23(19)14-18-8-6-7-11-21(18)24(29)16-30(36)37/h3-12,22-25H,13-16H2,1-2H3/t22-,23+,24-,25-,29?/m0/s1. The normalized spacial score (nSPS) is 28.3. The Kier molecular flexibility index (Phi) is 6.46. The third kappa shape index (κ3) is 3.84. The molecule has 2 aromatic carbocycles. The van der Waals surface area contributed by atoms with E-state index in [-0.39, 0.29) is 24.7 Å². The highest BCUT2D eigenvalue weighted by molar-refractivity contribution is 6.22. The van der Waals surface area contributed by atoms with Gasteiger partial charge >= 0.3 is 5.97 Å². The quantitative estimate of drug-likeness (QED) is 0.149. The molecule has 2 amide bonds. The van der Waals surface area contributed by atoms with E-state index in [0.29, 0.717) is 28.8 Å². The first kappa shape index (κ1) is 25.5. The molecule has 1 saturated heterocycles. The summed E-state index contributed by atoms with van der Waals surface area (Å²) in [4.78, 5) is 66.6. The second-order valence-corrected chi connectivity index (χ2v) is 10.3. The van der Waals surface area contributed by atoms with E-state index < -0.39 is 52.3 Å². The van der Waals surface area contributed by atoms with Crippen LogP contribution in [0.2, 0.25) is 0 Å². The maximum Gasteiger partial charge on any atom is 0.320 e. The number of hydrogen-bond acceptors (Lipinski definition) is 7. The Morgan fingerprint density at radius 3 is 2.39 bits per heavy atom. The second kappa shape index (κ2) is 9.63. The zero-order chi connectivity index (χ0) is 27.2. The van der Waals surface area contributed by atoms with Crippen LogP contribution in [0.1, 0.15) is 36.8 Å². The number of ether oxygens (including phenoxy) is 1. The highest BCUT2D eigenvalue weighted by atomic mass is 16.6. The minimum atomic E-state index is -1.85. The molecule has 38 heavy (non-hydrogen) atoms. The number of Topliss-reactive ketones (excluding diaryl/α,β-unsaturated/α-hetero) is 1. The Balaban J connectivity index is 1.68. The fraction of sp³-hybridized carbons (Fsp3) is 0.379. The molecule has 9 heteroatoms. The summed E-state index contributed by atoms with van der Waals surface area (Å²) < 4.78 is 5.12. The first-order valence-electron chi connectivity index (χ1n) is 12.6. The molecule has 3 aliphatic rings. The van der Waals surface area contributed by atoms with Crippen molar-refractivity contribution in [3.8, 4) is 0 Å². The molecule has 0 radical (unpaired) electrons. The number of rotatable bonds is 5. The molecule has 1 aliphatic heterocycles. The summed E-state index contributed by atoms with van der Waals surface area (Å²) in [6.07, 6.45) is 2.38. The predicted molar refractivity (Wildman–Crippen MR) is 137 cm³/mol. The lowest BCUT2D eigenvalue weighted by Crippen LogP contribution is -2.49. The first-order chi connectivity index (χ1) is 18.2. The van der Waals surface area contributed by atoms with Crippen LogP contribution < -0.4 is 4.90 Å². The van der Waals surface area contributed by atoms with Crippen LogP contribution in [0.5, 0.6) is 0 Å². The Bertz CT molecular complexity index is 1370. The summed E-state index contributed by atoms with van der Waals surface area (Å²) in [7, 11) is 1.17. The zero-order valence-corrected chi connectivity index (χ0v) is 21.2. The van der Waals surface area contributed by atoms with Gasteiger partial charge in [-0.15, -0.1) is 0 Å². The Labute approximate surface area is 219 Å². The molecule has 2 aliphatic carbocycles. The molecule has 0 bridgehead atoms. The van der Waals surface area contributed by atoms with Crippen molar-refractivity contribution in [2.45, 2.75) is 32.1 Å². The molecule has 0 saturated carbocycles. The van der Waals surface area contributed by atoms with Gasteiger partial charge in [-0.2, -0.15) is 0 Å². The zero-order valence-electron chi connectivity index (χ0n) is 21.2. The number of ketones is 1. The average Bonchev–Trinajstić information content (AvgIpc) is 3.15. The van der Waals surface area contributed by atoms with Crippen molar-refractivity contribution < 1.29 is 28.8 Å². The Morgan fingerprint density at radius 2 is 1.74 bits per heavy atom. The number of benzene rings is 2. The van der Waals surface area contributed by atoms with Crippen molar-refractivity contribution in [3.63, 3.8) is 0 Å². The topological polar surface area (TPSA) is 124 Å². The van der Waals surface area contributed by atoms with Crippen LogP contribution in [-0.2, 0) is 30.3 Å². The summed E-state index contributed by atoms with van der Waals surface area (Å²) in [6, 6.07) is 15.8. The van der Waals surface area contributed by atoms with Crippen molar-refractivity contribution in [3.05, 3.63) is 87.5 Å². The summed E-state index contributed by atoms with van der Waals surface area (Å²) in [5.74, 6) is -4.71. The van der Waals surface area contributed by atoms with Gasteiger partial charge in [-0.05, 0) is 55.4 Å². The molecule has 1 heterocycles. The lowest BCUT2D eigenvalue weighted by Gasteiger charge is -2.42. The van der Waals surface area contributed by atoms with E-state index in [1.165, 1.54) is 18.9 Å². The van der Waals surface area contributed by atoms with E-state index >= 15 is 0 Å². The number of carbonyl (C=O) groups excluding carboxylic acids is 4. The molecular formula is C29H28N2O7. The summed E-state index contributed by atoms with van der Waals surface area (Å²) in [5.41, 5.74) is 0.570. The van der Waals surface area contributed by atoms with E-state index in [1.54, 1.807) is 42.5 Å². The van der Waals surface area contributed by atoms with E-state index in [0.717, 1.165) is 0 Å². The van der Waals surface area contributed by atoms with Gasteiger partial charge < -0.3 is 4.74 Å². The molecule has 0 N–H and O–H groups in total. The number of imide groups is 1. The van der Waals surface area contributed by atoms with Crippen molar-refractivity contribution in [2.75, 3.05) is 18.6 Å². The largest absolute Gasteiger partial charge is 0.468 e. The number of nitrogens with zero attached hydrogens (tertiary/aromatic N) is 2. The number of para-hydroxylation sites is 1. The molecule has 9 nitrogen and oxygen atoms in total. The first-order valence-corrected chi connectivity index (χ1v) is 12.6. The van der Waals surface area contributed by atoms with Gasteiger partial charge in [0, 0.05) is 4.92 Å². The van der Waals surface area contributed by atoms with E-state index in [4.69, 9.17) is 4.74 Å². The second-order valence-electron chi connectivity index (χ2n) is 10.3. The maximum atomic E-state index is 13.8. The number of anilines is 1. The van der Waals surface area contributed by atoms with Gasteiger partial charge in [0.1, 0.15) is 11.2 Å². The van der Waals surface area contributed by atoms with Crippen LogP contribution in [0.3, 0.4) is 0 Å².